The first-order chi connectivity index (χ1) is 8.99. The molecule has 0 unspecified atom stereocenters. The van der Waals surface area contributed by atoms with Crippen molar-refractivity contribution in [2.24, 2.45) is 7.05 Å². The molecule has 1 aromatic heterocycles. The quantitative estimate of drug-likeness (QED) is 0.937. The average Bonchev–Trinajstić information content (AvgIpc) is 2.72. The second-order valence-corrected chi connectivity index (χ2v) is 5.34. The van der Waals surface area contributed by atoms with Crippen molar-refractivity contribution < 1.29 is 4.39 Å². The van der Waals surface area contributed by atoms with E-state index in [1.165, 1.54) is 6.07 Å². The second kappa shape index (κ2) is 5.61. The molecule has 0 amide bonds. The Hall–Kier alpha value is -1.56. The summed E-state index contributed by atoms with van der Waals surface area (Å²) in [7, 11) is 5.86. The smallest absolute Gasteiger partial charge is 0.204 e. The zero-order chi connectivity index (χ0) is 14.0. The SMILES string of the molecule is CN(C)c1ncc(CNc2ccc(Br)c(F)c2)n1C. The average molecular weight is 327 g/mol. The molecule has 0 aliphatic heterocycles. The van der Waals surface area contributed by atoms with E-state index >= 15 is 0 Å². The molecule has 0 aliphatic carbocycles. The molecule has 0 fully saturated rings. The Morgan fingerprint density at radius 1 is 1.42 bits per heavy atom. The molecule has 19 heavy (non-hydrogen) atoms. The monoisotopic (exact) mass is 326 g/mol. The molecule has 2 rings (SSSR count). The first-order valence-electron chi connectivity index (χ1n) is 5.86. The van der Waals surface area contributed by atoms with Gasteiger partial charge in [0.05, 0.1) is 22.9 Å². The van der Waals surface area contributed by atoms with Gasteiger partial charge in [-0.05, 0) is 34.1 Å². The first kappa shape index (κ1) is 13.9. The zero-order valence-electron chi connectivity index (χ0n) is 11.1. The van der Waals surface area contributed by atoms with Crippen molar-refractivity contribution in [3.05, 3.63) is 40.4 Å². The molecule has 2 aromatic rings. The van der Waals surface area contributed by atoms with Gasteiger partial charge in [0, 0.05) is 26.8 Å². The molecule has 0 atom stereocenters. The van der Waals surface area contributed by atoms with E-state index in [0.29, 0.717) is 11.0 Å². The van der Waals surface area contributed by atoms with Gasteiger partial charge >= 0.3 is 0 Å². The van der Waals surface area contributed by atoms with Crippen molar-refractivity contribution >= 4 is 27.6 Å². The van der Waals surface area contributed by atoms with E-state index < -0.39 is 0 Å². The number of nitrogens with zero attached hydrogens (tertiary/aromatic N) is 3. The maximum atomic E-state index is 13.4. The minimum atomic E-state index is -0.274. The van der Waals surface area contributed by atoms with Crippen LogP contribution in [0.15, 0.2) is 28.9 Å². The van der Waals surface area contributed by atoms with Gasteiger partial charge in [-0.15, -0.1) is 0 Å². The predicted octanol–water partition coefficient (Wildman–Crippen LogP) is 3.00. The number of rotatable bonds is 4. The number of hydrogen-bond acceptors (Lipinski definition) is 3. The normalized spacial score (nSPS) is 10.6. The van der Waals surface area contributed by atoms with Crippen LogP contribution < -0.4 is 10.2 Å². The molecule has 1 N–H and O–H groups in total. The van der Waals surface area contributed by atoms with Crippen LogP contribution in [0, 0.1) is 5.82 Å². The van der Waals surface area contributed by atoms with Crippen LogP contribution in [0.5, 0.6) is 0 Å². The van der Waals surface area contributed by atoms with Gasteiger partial charge in [-0.3, -0.25) is 0 Å². The Balaban J connectivity index is 2.08. The number of benzene rings is 1. The molecule has 4 nitrogen and oxygen atoms in total. The number of nitrogens with one attached hydrogen (secondary N) is 1. The van der Waals surface area contributed by atoms with Gasteiger partial charge in [-0.2, -0.15) is 0 Å². The summed E-state index contributed by atoms with van der Waals surface area (Å²) in [5.41, 5.74) is 1.78. The van der Waals surface area contributed by atoms with Gasteiger partial charge in [-0.25, -0.2) is 9.37 Å². The van der Waals surface area contributed by atoms with Crippen LogP contribution in [0.25, 0.3) is 0 Å². The van der Waals surface area contributed by atoms with Crippen LogP contribution in [-0.4, -0.2) is 23.6 Å². The largest absolute Gasteiger partial charge is 0.379 e. The molecule has 0 aliphatic rings. The highest BCUT2D eigenvalue weighted by molar-refractivity contribution is 9.10. The van der Waals surface area contributed by atoms with Gasteiger partial charge in [0.25, 0.3) is 0 Å². The summed E-state index contributed by atoms with van der Waals surface area (Å²) in [5.74, 6) is 0.614. The number of hydrogen-bond donors (Lipinski definition) is 1. The maximum Gasteiger partial charge on any atom is 0.204 e. The summed E-state index contributed by atoms with van der Waals surface area (Å²) in [4.78, 5) is 6.27. The molecule has 0 saturated heterocycles. The fourth-order valence-corrected chi connectivity index (χ4v) is 2.06. The summed E-state index contributed by atoms with van der Waals surface area (Å²) in [6.07, 6.45) is 1.82. The van der Waals surface area contributed by atoms with Crippen molar-refractivity contribution in [3.63, 3.8) is 0 Å². The molecule has 1 heterocycles. The third kappa shape index (κ3) is 3.07. The van der Waals surface area contributed by atoms with E-state index in [1.807, 2.05) is 42.9 Å². The van der Waals surface area contributed by atoms with Gasteiger partial charge < -0.3 is 14.8 Å². The minimum Gasteiger partial charge on any atom is -0.379 e. The summed E-state index contributed by atoms with van der Waals surface area (Å²) >= 11 is 3.13. The molecule has 0 radical (unpaired) electrons. The van der Waals surface area contributed by atoms with E-state index in [2.05, 4.69) is 26.2 Å². The van der Waals surface area contributed by atoms with Crippen LogP contribution in [0.2, 0.25) is 0 Å². The summed E-state index contributed by atoms with van der Waals surface area (Å²) in [6, 6.07) is 4.98. The third-order valence-corrected chi connectivity index (χ3v) is 3.50. The highest BCUT2D eigenvalue weighted by Gasteiger charge is 2.08. The van der Waals surface area contributed by atoms with Crippen molar-refractivity contribution in [1.82, 2.24) is 9.55 Å². The Bertz CT molecular complexity index is 580. The Morgan fingerprint density at radius 2 is 2.16 bits per heavy atom. The lowest BCUT2D eigenvalue weighted by molar-refractivity contribution is 0.621. The van der Waals surface area contributed by atoms with Crippen molar-refractivity contribution in [3.8, 4) is 0 Å². The van der Waals surface area contributed by atoms with Crippen molar-refractivity contribution in [2.45, 2.75) is 6.54 Å². The maximum absolute atomic E-state index is 13.4. The van der Waals surface area contributed by atoms with Gasteiger partial charge in [0.1, 0.15) is 5.82 Å². The molecular formula is C13H16BrFN4. The van der Waals surface area contributed by atoms with Crippen molar-refractivity contribution in [2.75, 3.05) is 24.3 Å². The van der Waals surface area contributed by atoms with Crippen LogP contribution in [0.1, 0.15) is 5.69 Å². The molecule has 1 aromatic carbocycles. The minimum absolute atomic E-state index is 0.274. The molecule has 0 spiro atoms. The van der Waals surface area contributed by atoms with Gasteiger partial charge in [0.2, 0.25) is 5.95 Å². The van der Waals surface area contributed by atoms with Crippen LogP contribution in [-0.2, 0) is 13.6 Å². The lowest BCUT2D eigenvalue weighted by Crippen LogP contribution is -2.15. The van der Waals surface area contributed by atoms with Crippen LogP contribution in [0.4, 0.5) is 16.0 Å². The lowest BCUT2D eigenvalue weighted by Gasteiger charge is -2.13. The summed E-state index contributed by atoms with van der Waals surface area (Å²) in [6.45, 7) is 0.596. The highest BCUT2D eigenvalue weighted by Crippen LogP contribution is 2.20. The molecule has 102 valence electrons. The predicted molar refractivity (Wildman–Crippen MR) is 79.0 cm³/mol. The van der Waals surface area contributed by atoms with Gasteiger partial charge in [-0.1, -0.05) is 0 Å². The standard InChI is InChI=1S/C13H16BrFN4/c1-18(2)13-17-8-10(19(13)3)7-16-9-4-5-11(14)12(15)6-9/h4-6,8,16H,7H2,1-3H3. The lowest BCUT2D eigenvalue weighted by atomic mass is 10.3. The Morgan fingerprint density at radius 3 is 2.74 bits per heavy atom. The summed E-state index contributed by atoms with van der Waals surface area (Å²) in [5, 5.41) is 3.18. The van der Waals surface area contributed by atoms with Crippen molar-refractivity contribution in [1.29, 1.82) is 0 Å². The number of imidazole rings is 1. The third-order valence-electron chi connectivity index (χ3n) is 2.85. The zero-order valence-corrected chi connectivity index (χ0v) is 12.7. The van der Waals surface area contributed by atoms with Crippen LogP contribution in [0.3, 0.4) is 0 Å². The molecule has 0 saturated carbocycles. The van der Waals surface area contributed by atoms with Gasteiger partial charge in [0.15, 0.2) is 0 Å². The first-order valence-corrected chi connectivity index (χ1v) is 6.65. The Kier molecular flexibility index (Phi) is 4.09. The second-order valence-electron chi connectivity index (χ2n) is 4.49. The van der Waals surface area contributed by atoms with E-state index in [9.17, 15) is 4.39 Å². The van der Waals surface area contributed by atoms with E-state index in [4.69, 9.17) is 0 Å². The van der Waals surface area contributed by atoms with E-state index in [-0.39, 0.29) is 5.82 Å². The molecule has 6 heteroatoms. The fraction of sp³-hybridized carbons (Fsp3) is 0.308. The highest BCUT2D eigenvalue weighted by atomic mass is 79.9. The number of aromatic nitrogens is 2. The number of anilines is 2. The molecular weight excluding hydrogens is 311 g/mol. The topological polar surface area (TPSA) is 33.1 Å². The molecule has 0 bridgehead atoms. The number of halogens is 2. The van der Waals surface area contributed by atoms with E-state index in [0.717, 1.165) is 17.3 Å². The Labute approximate surface area is 120 Å². The van der Waals surface area contributed by atoms with E-state index in [1.54, 1.807) is 6.07 Å². The van der Waals surface area contributed by atoms with Crippen LogP contribution >= 0.6 is 15.9 Å². The fourth-order valence-electron chi connectivity index (χ4n) is 1.81. The summed E-state index contributed by atoms with van der Waals surface area (Å²) < 4.78 is 15.9.